The number of rotatable bonds is 2. The average Bonchev–Trinajstić information content (AvgIpc) is 2.80. The molecule has 0 atom stereocenters. The smallest absolute Gasteiger partial charge is 0.243 e. The molecule has 0 radical (unpaired) electrons. The molecule has 0 aliphatic carbocycles. The average molecular weight is 392 g/mol. The Morgan fingerprint density at radius 2 is 1.81 bits per heavy atom. The predicted octanol–water partition coefficient (Wildman–Crippen LogP) is 2.99. The van der Waals surface area contributed by atoms with Crippen LogP contribution < -0.4 is 5.32 Å². The van der Waals surface area contributed by atoms with Gasteiger partial charge in [-0.3, -0.25) is 4.79 Å². The minimum absolute atomic E-state index is 0.0693. The normalized spacial score (nSPS) is 17.6. The lowest BCUT2D eigenvalue weighted by Gasteiger charge is -2.28. The number of hydrogen-bond acceptors (Lipinski definition) is 3. The fourth-order valence-electron chi connectivity index (χ4n) is 3.65. The first-order valence-corrected chi connectivity index (χ1v) is 10.2. The first-order chi connectivity index (χ1) is 12.8. The summed E-state index contributed by atoms with van der Waals surface area (Å²) in [7, 11) is -3.81. The van der Waals surface area contributed by atoms with Crippen molar-refractivity contribution in [2.45, 2.75) is 37.1 Å². The zero-order valence-electron chi connectivity index (χ0n) is 14.5. The van der Waals surface area contributed by atoms with Gasteiger partial charge in [-0.1, -0.05) is 0 Å². The molecule has 142 valence electrons. The summed E-state index contributed by atoms with van der Waals surface area (Å²) in [6.45, 7) is 0.0614. The van der Waals surface area contributed by atoms with Crippen LogP contribution in [-0.4, -0.2) is 25.2 Å². The molecule has 2 heterocycles. The second-order valence-electron chi connectivity index (χ2n) is 6.83. The van der Waals surface area contributed by atoms with Gasteiger partial charge in [0.15, 0.2) is 0 Å². The monoisotopic (exact) mass is 392 g/mol. The van der Waals surface area contributed by atoms with Crippen molar-refractivity contribution < 1.29 is 22.0 Å². The Bertz CT molecular complexity index is 1040. The van der Waals surface area contributed by atoms with Crippen molar-refractivity contribution in [2.75, 3.05) is 11.9 Å². The molecule has 4 rings (SSSR count). The molecule has 0 unspecified atom stereocenters. The molecule has 5 nitrogen and oxygen atoms in total. The Kier molecular flexibility index (Phi) is 4.47. The summed E-state index contributed by atoms with van der Waals surface area (Å²) < 4.78 is 54.8. The largest absolute Gasteiger partial charge is 0.326 e. The molecule has 27 heavy (non-hydrogen) atoms. The number of anilines is 1. The lowest BCUT2D eigenvalue weighted by atomic mass is 10.0. The van der Waals surface area contributed by atoms with E-state index in [-0.39, 0.29) is 30.3 Å². The molecule has 2 aromatic carbocycles. The number of nitrogens with one attached hydrogen (secondary N) is 1. The number of amides is 1. The Morgan fingerprint density at radius 3 is 2.63 bits per heavy atom. The first kappa shape index (κ1) is 18.1. The molecule has 1 N–H and O–H groups in total. The van der Waals surface area contributed by atoms with Crippen LogP contribution in [0, 0.1) is 11.6 Å². The van der Waals surface area contributed by atoms with Crippen molar-refractivity contribution in [3.05, 3.63) is 58.7 Å². The second kappa shape index (κ2) is 6.69. The predicted molar refractivity (Wildman–Crippen MR) is 95.7 cm³/mol. The van der Waals surface area contributed by atoms with Crippen molar-refractivity contribution >= 4 is 21.6 Å². The summed E-state index contributed by atoms with van der Waals surface area (Å²) >= 11 is 0. The van der Waals surface area contributed by atoms with Gasteiger partial charge in [0.25, 0.3) is 0 Å². The Morgan fingerprint density at radius 1 is 1.00 bits per heavy atom. The van der Waals surface area contributed by atoms with Crippen molar-refractivity contribution in [3.8, 4) is 0 Å². The molecule has 0 saturated heterocycles. The molecule has 0 fully saturated rings. The van der Waals surface area contributed by atoms with E-state index in [0.29, 0.717) is 36.1 Å². The van der Waals surface area contributed by atoms with E-state index >= 15 is 0 Å². The summed E-state index contributed by atoms with van der Waals surface area (Å²) in [5.74, 6) is -1.44. The molecule has 2 aliphatic heterocycles. The maximum absolute atomic E-state index is 13.9. The van der Waals surface area contributed by atoms with Gasteiger partial charge >= 0.3 is 0 Å². The highest BCUT2D eigenvalue weighted by atomic mass is 32.2. The molecule has 2 aromatic rings. The number of aryl methyl sites for hydroxylation is 1. The van der Waals surface area contributed by atoms with Crippen LogP contribution in [0.4, 0.5) is 14.5 Å². The van der Waals surface area contributed by atoms with Gasteiger partial charge in [0, 0.05) is 31.3 Å². The van der Waals surface area contributed by atoms with Gasteiger partial charge in [0.2, 0.25) is 15.9 Å². The van der Waals surface area contributed by atoms with E-state index in [1.54, 1.807) is 12.1 Å². The highest BCUT2D eigenvalue weighted by molar-refractivity contribution is 7.89. The highest BCUT2D eigenvalue weighted by Crippen LogP contribution is 2.30. The van der Waals surface area contributed by atoms with E-state index in [2.05, 4.69) is 5.32 Å². The zero-order valence-corrected chi connectivity index (χ0v) is 15.3. The lowest BCUT2D eigenvalue weighted by molar-refractivity contribution is -0.116. The number of benzene rings is 2. The lowest BCUT2D eigenvalue weighted by Crippen LogP contribution is -2.36. The van der Waals surface area contributed by atoms with E-state index in [4.69, 9.17) is 0 Å². The van der Waals surface area contributed by atoms with Crippen molar-refractivity contribution in [2.24, 2.45) is 0 Å². The molecule has 0 spiro atoms. The Balaban J connectivity index is 1.66. The van der Waals surface area contributed by atoms with Crippen molar-refractivity contribution in [1.82, 2.24) is 4.31 Å². The molecular weight excluding hydrogens is 374 g/mol. The number of carbonyl (C=O) groups excluding carboxylic acids is 1. The number of hydrogen-bond donors (Lipinski definition) is 1. The summed E-state index contributed by atoms with van der Waals surface area (Å²) in [6.07, 6.45) is 1.85. The van der Waals surface area contributed by atoms with Crippen LogP contribution in [0.25, 0.3) is 0 Å². The van der Waals surface area contributed by atoms with Crippen LogP contribution in [0.1, 0.15) is 29.5 Å². The Labute approximate surface area is 156 Å². The topological polar surface area (TPSA) is 66.5 Å². The minimum atomic E-state index is -3.81. The number of sulfonamides is 1. The number of carbonyl (C=O) groups is 1. The van der Waals surface area contributed by atoms with Gasteiger partial charge in [-0.05, 0) is 60.2 Å². The van der Waals surface area contributed by atoms with Gasteiger partial charge < -0.3 is 5.32 Å². The fraction of sp³-hybridized carbons (Fsp3) is 0.316. The van der Waals surface area contributed by atoms with Crippen LogP contribution in [0.15, 0.2) is 35.2 Å². The van der Waals surface area contributed by atoms with Gasteiger partial charge in [-0.15, -0.1) is 0 Å². The second-order valence-corrected chi connectivity index (χ2v) is 8.77. The summed E-state index contributed by atoms with van der Waals surface area (Å²) in [5.41, 5.74) is 2.12. The molecule has 8 heteroatoms. The third-order valence-electron chi connectivity index (χ3n) is 5.05. The molecular formula is C19H18F2N2O3S. The Hall–Kier alpha value is -2.32. The zero-order chi connectivity index (χ0) is 19.2. The van der Waals surface area contributed by atoms with Gasteiger partial charge in [-0.2, -0.15) is 4.31 Å². The highest BCUT2D eigenvalue weighted by Gasteiger charge is 2.30. The molecule has 0 aromatic heterocycles. The summed E-state index contributed by atoms with van der Waals surface area (Å²) in [4.78, 5) is 11.8. The maximum Gasteiger partial charge on any atom is 0.243 e. The molecule has 2 aliphatic rings. The summed E-state index contributed by atoms with van der Waals surface area (Å²) in [5, 5.41) is 2.78. The van der Waals surface area contributed by atoms with Crippen LogP contribution >= 0.6 is 0 Å². The quantitative estimate of drug-likeness (QED) is 0.855. The van der Waals surface area contributed by atoms with Gasteiger partial charge in [0.1, 0.15) is 11.6 Å². The van der Waals surface area contributed by atoms with Crippen molar-refractivity contribution in [3.63, 3.8) is 0 Å². The van der Waals surface area contributed by atoms with Gasteiger partial charge in [0.05, 0.1) is 4.90 Å². The number of nitrogens with zero attached hydrogens (tertiary/aromatic N) is 1. The first-order valence-electron chi connectivity index (χ1n) is 8.74. The van der Waals surface area contributed by atoms with E-state index in [9.17, 15) is 22.0 Å². The molecule has 0 saturated carbocycles. The standard InChI is InChI=1S/C19H18F2N2O3S/c20-14-8-13-11-23(7-6-16(13)17(21)10-14)27(25,26)15-4-5-18-12(9-15)2-1-3-19(24)22-18/h4-5,8-10H,1-3,6-7,11H2,(H,22,24). The van der Waals surface area contributed by atoms with Gasteiger partial charge in [-0.25, -0.2) is 17.2 Å². The van der Waals surface area contributed by atoms with Crippen LogP contribution in [0.3, 0.4) is 0 Å². The fourth-order valence-corrected chi connectivity index (χ4v) is 5.12. The van der Waals surface area contributed by atoms with Crippen LogP contribution in [0.2, 0.25) is 0 Å². The van der Waals surface area contributed by atoms with E-state index in [1.165, 1.54) is 16.4 Å². The van der Waals surface area contributed by atoms with Crippen molar-refractivity contribution in [1.29, 1.82) is 0 Å². The van der Waals surface area contributed by atoms with E-state index < -0.39 is 21.7 Å². The third kappa shape index (κ3) is 3.35. The van der Waals surface area contributed by atoms with E-state index in [0.717, 1.165) is 11.6 Å². The summed E-state index contributed by atoms with van der Waals surface area (Å²) in [6, 6.07) is 6.65. The number of halogens is 2. The molecule has 0 bridgehead atoms. The molecule has 1 amide bonds. The van der Waals surface area contributed by atoms with Crippen LogP contribution in [0.5, 0.6) is 0 Å². The SMILES string of the molecule is O=C1CCCc2cc(S(=O)(=O)N3CCc4c(F)cc(F)cc4C3)ccc2N1. The van der Waals surface area contributed by atoms with E-state index in [1.807, 2.05) is 0 Å². The third-order valence-corrected chi connectivity index (χ3v) is 6.89. The maximum atomic E-state index is 13.9. The number of fused-ring (bicyclic) bond motifs is 2. The minimum Gasteiger partial charge on any atom is -0.326 e. The van der Waals surface area contributed by atoms with Crippen LogP contribution in [-0.2, 0) is 34.2 Å².